The molecule has 0 aliphatic carbocycles. The molecule has 0 bridgehead atoms. The lowest BCUT2D eigenvalue weighted by atomic mass is 9.87. The van der Waals surface area contributed by atoms with Gasteiger partial charge in [-0.15, -0.1) is 0 Å². The fourth-order valence-electron chi connectivity index (χ4n) is 3.89. The number of ether oxygens (including phenoxy) is 1. The largest absolute Gasteiger partial charge is 0.490 e. The van der Waals surface area contributed by atoms with E-state index in [1.807, 2.05) is 53.7 Å². The van der Waals surface area contributed by atoms with Gasteiger partial charge in [-0.3, -0.25) is 4.79 Å². The molecule has 1 aliphatic rings. The highest BCUT2D eigenvalue weighted by Gasteiger charge is 2.30. The number of carbonyl (C=O) groups excluding carboxylic acids is 1. The van der Waals surface area contributed by atoms with Crippen molar-refractivity contribution in [2.75, 3.05) is 13.2 Å². The van der Waals surface area contributed by atoms with E-state index in [9.17, 15) is 13.2 Å². The maximum absolute atomic E-state index is 14.7. The van der Waals surface area contributed by atoms with E-state index in [0.717, 1.165) is 18.1 Å². The van der Waals surface area contributed by atoms with Gasteiger partial charge >= 0.3 is 0 Å². The second-order valence-corrected chi connectivity index (χ2v) is 9.26. The van der Waals surface area contributed by atoms with Crippen LogP contribution in [0.4, 0.5) is 13.2 Å². The zero-order valence-corrected chi connectivity index (χ0v) is 23.7. The molecule has 38 heavy (non-hydrogen) atoms. The first-order valence-corrected chi connectivity index (χ1v) is 13.2. The van der Waals surface area contributed by atoms with E-state index in [1.165, 1.54) is 12.1 Å². The first-order chi connectivity index (χ1) is 18.1. The number of halogens is 4. The fourth-order valence-corrected chi connectivity index (χ4v) is 4.05. The molecule has 210 valence electrons. The molecule has 0 spiro atoms. The van der Waals surface area contributed by atoms with Gasteiger partial charge in [0, 0.05) is 47.2 Å². The number of rotatable bonds is 8. The highest BCUT2D eigenvalue weighted by molar-refractivity contribution is 6.31. The molecular weight excluding hydrogens is 515 g/mol. The minimum Gasteiger partial charge on any atom is -0.490 e. The van der Waals surface area contributed by atoms with Gasteiger partial charge in [-0.1, -0.05) is 65.3 Å². The van der Waals surface area contributed by atoms with Crippen molar-refractivity contribution in [1.82, 2.24) is 4.98 Å². The summed E-state index contributed by atoms with van der Waals surface area (Å²) in [5, 5.41) is -0.194. The average Bonchev–Trinajstić information content (AvgIpc) is 3.28. The third-order valence-electron chi connectivity index (χ3n) is 6.32. The molecule has 0 fully saturated rings. The van der Waals surface area contributed by atoms with E-state index in [2.05, 4.69) is 5.73 Å². The van der Waals surface area contributed by atoms with Crippen LogP contribution in [0.25, 0.3) is 11.3 Å². The molecule has 1 amide bonds. The van der Waals surface area contributed by atoms with Crippen molar-refractivity contribution in [2.45, 2.75) is 59.8 Å². The number of primary amides is 1. The SMILES string of the molecule is CC.CCC(C)/C(F)=C\C=C/C(C)C(CN)c1cc2c(c(-c3cc(Cl)c(F)cc3F)n1)OCC2C.NC=O. The smallest absolute Gasteiger partial charge is 0.204 e. The van der Waals surface area contributed by atoms with Crippen molar-refractivity contribution >= 4 is 18.0 Å². The number of allylic oxidation sites excluding steroid dienone is 4. The van der Waals surface area contributed by atoms with Gasteiger partial charge in [-0.05, 0) is 30.5 Å². The third-order valence-corrected chi connectivity index (χ3v) is 6.61. The molecule has 2 heterocycles. The summed E-state index contributed by atoms with van der Waals surface area (Å²) < 4.78 is 48.4. The summed E-state index contributed by atoms with van der Waals surface area (Å²) in [4.78, 5) is 13.3. The van der Waals surface area contributed by atoms with Gasteiger partial charge in [0.1, 0.15) is 28.9 Å². The number of nitrogens with zero attached hydrogens (tertiary/aromatic N) is 1. The lowest BCUT2D eigenvalue weighted by Gasteiger charge is -2.22. The van der Waals surface area contributed by atoms with E-state index in [0.29, 0.717) is 18.1 Å². The zero-order chi connectivity index (χ0) is 29.0. The van der Waals surface area contributed by atoms with Gasteiger partial charge in [-0.2, -0.15) is 0 Å². The standard InChI is InChI=1S/C26H30ClF3N2O.C2H6.CH3NO/c1-5-14(2)21(28)8-6-7-15(3)19(12-31)24-10-17-16(4)13-33-26(17)25(32-24)18-9-20(27)23(30)11-22(18)29;1-2;2-1-3/h6-11,14-16,19H,5,12-13,31H2,1-4H3;1-2H3;1H,(H2,2,3)/b7-6-,21-8+;;. The second kappa shape index (κ2) is 16.2. The van der Waals surface area contributed by atoms with Crippen LogP contribution in [0.3, 0.4) is 0 Å². The van der Waals surface area contributed by atoms with Gasteiger partial charge in [0.25, 0.3) is 0 Å². The summed E-state index contributed by atoms with van der Waals surface area (Å²) in [6, 6.07) is 3.92. The summed E-state index contributed by atoms with van der Waals surface area (Å²) in [7, 11) is 0. The molecular formula is C29H39ClF3N3O2. The van der Waals surface area contributed by atoms with Crippen molar-refractivity contribution in [3.8, 4) is 17.0 Å². The molecule has 2 aromatic rings. The molecule has 1 aromatic heterocycles. The summed E-state index contributed by atoms with van der Waals surface area (Å²) in [6.07, 6.45) is 6.05. The molecule has 0 saturated carbocycles. The van der Waals surface area contributed by atoms with Crippen LogP contribution in [0.1, 0.15) is 71.1 Å². The van der Waals surface area contributed by atoms with Gasteiger partial charge < -0.3 is 16.2 Å². The summed E-state index contributed by atoms with van der Waals surface area (Å²) >= 11 is 5.94. The van der Waals surface area contributed by atoms with Crippen LogP contribution in [-0.4, -0.2) is 24.5 Å². The second-order valence-electron chi connectivity index (χ2n) is 8.86. The van der Waals surface area contributed by atoms with Crippen LogP contribution in [-0.2, 0) is 4.79 Å². The number of benzene rings is 1. The third kappa shape index (κ3) is 8.33. The number of pyridine rings is 1. The number of aromatic nitrogens is 1. The quantitative estimate of drug-likeness (QED) is 0.202. The van der Waals surface area contributed by atoms with Gasteiger partial charge in [0.05, 0.1) is 11.6 Å². The molecule has 4 atom stereocenters. The van der Waals surface area contributed by atoms with Crippen molar-refractivity contribution in [1.29, 1.82) is 0 Å². The Hall–Kier alpha value is -2.84. The van der Waals surface area contributed by atoms with Crippen LogP contribution in [0.5, 0.6) is 5.75 Å². The van der Waals surface area contributed by atoms with Crippen LogP contribution >= 0.6 is 11.6 Å². The normalized spacial score (nSPS) is 16.8. The Morgan fingerprint density at radius 3 is 2.45 bits per heavy atom. The van der Waals surface area contributed by atoms with Crippen LogP contribution in [0, 0.1) is 23.5 Å². The first-order valence-electron chi connectivity index (χ1n) is 12.8. The average molecular weight is 554 g/mol. The predicted molar refractivity (Wildman–Crippen MR) is 149 cm³/mol. The lowest BCUT2D eigenvalue weighted by Crippen LogP contribution is -2.20. The number of fused-ring (bicyclic) bond motifs is 1. The van der Waals surface area contributed by atoms with Gasteiger partial charge in [0.2, 0.25) is 6.41 Å². The van der Waals surface area contributed by atoms with Crippen molar-refractivity contribution in [3.05, 3.63) is 70.2 Å². The van der Waals surface area contributed by atoms with Crippen molar-refractivity contribution < 1.29 is 22.7 Å². The maximum Gasteiger partial charge on any atom is 0.204 e. The molecule has 1 aromatic carbocycles. The molecule has 0 saturated heterocycles. The minimum atomic E-state index is -0.837. The van der Waals surface area contributed by atoms with E-state index in [-0.39, 0.29) is 58.7 Å². The number of carbonyl (C=O) groups is 1. The Morgan fingerprint density at radius 1 is 1.24 bits per heavy atom. The van der Waals surface area contributed by atoms with Crippen LogP contribution in [0.2, 0.25) is 5.02 Å². The Morgan fingerprint density at radius 2 is 1.87 bits per heavy atom. The topological polar surface area (TPSA) is 91.2 Å². The number of hydrogen-bond acceptors (Lipinski definition) is 4. The zero-order valence-electron chi connectivity index (χ0n) is 22.9. The highest BCUT2D eigenvalue weighted by Crippen LogP contribution is 2.44. The van der Waals surface area contributed by atoms with Gasteiger partial charge in [0.15, 0.2) is 0 Å². The lowest BCUT2D eigenvalue weighted by molar-refractivity contribution is -0.106. The fraction of sp³-hybridized carbons (Fsp3) is 0.448. The molecule has 4 unspecified atom stereocenters. The molecule has 4 N–H and O–H groups in total. The molecule has 1 aliphatic heterocycles. The summed E-state index contributed by atoms with van der Waals surface area (Å²) in [5.41, 5.74) is 12.2. The number of nitrogens with two attached hydrogens (primary N) is 2. The van der Waals surface area contributed by atoms with Gasteiger partial charge in [-0.25, -0.2) is 18.2 Å². The number of amides is 1. The molecule has 5 nitrogen and oxygen atoms in total. The van der Waals surface area contributed by atoms with E-state index in [4.69, 9.17) is 31.8 Å². The highest BCUT2D eigenvalue weighted by atomic mass is 35.5. The Bertz CT molecular complexity index is 1120. The van der Waals surface area contributed by atoms with E-state index < -0.39 is 11.6 Å². The van der Waals surface area contributed by atoms with Crippen LogP contribution < -0.4 is 16.2 Å². The van der Waals surface area contributed by atoms with Crippen molar-refractivity contribution in [3.63, 3.8) is 0 Å². The molecule has 9 heteroatoms. The van der Waals surface area contributed by atoms with E-state index in [1.54, 1.807) is 6.08 Å². The Labute approximate surface area is 229 Å². The maximum atomic E-state index is 14.7. The molecule has 0 radical (unpaired) electrons. The van der Waals surface area contributed by atoms with E-state index >= 15 is 0 Å². The predicted octanol–water partition coefficient (Wildman–Crippen LogP) is 7.44. The monoisotopic (exact) mass is 553 g/mol. The summed E-state index contributed by atoms with van der Waals surface area (Å²) in [5.74, 6) is -1.61. The minimum absolute atomic E-state index is 0.0614. The first kappa shape index (κ1) is 33.2. The Kier molecular flexibility index (Phi) is 14.1. The Balaban J connectivity index is 0.00000135. The van der Waals surface area contributed by atoms with Crippen molar-refractivity contribution in [2.24, 2.45) is 23.3 Å². The van der Waals surface area contributed by atoms with Crippen LogP contribution in [0.15, 0.2) is 42.3 Å². The molecule has 3 rings (SSSR count). The number of hydrogen-bond donors (Lipinski definition) is 2. The summed E-state index contributed by atoms with van der Waals surface area (Å²) in [6.45, 7) is 12.5.